The Bertz CT molecular complexity index is 194. The van der Waals surface area contributed by atoms with Crippen LogP contribution in [0.3, 0.4) is 0 Å². The smallest absolute Gasteiger partial charge is 0.0389 e. The van der Waals surface area contributed by atoms with E-state index >= 15 is 0 Å². The SMILES string of the molecule is C=C/C=C(\N/N=C/C)C(C)(C)C. The summed E-state index contributed by atoms with van der Waals surface area (Å²) in [5.74, 6) is 0. The average Bonchev–Trinajstić information content (AvgIpc) is 1.95. The maximum atomic E-state index is 3.97. The van der Waals surface area contributed by atoms with Crippen LogP contribution < -0.4 is 5.43 Å². The zero-order chi connectivity index (χ0) is 9.61. The van der Waals surface area contributed by atoms with Gasteiger partial charge in [0.25, 0.3) is 0 Å². The summed E-state index contributed by atoms with van der Waals surface area (Å²) in [7, 11) is 0. The van der Waals surface area contributed by atoms with E-state index in [1.54, 1.807) is 12.3 Å². The molecule has 0 radical (unpaired) electrons. The molecule has 2 heteroatoms. The van der Waals surface area contributed by atoms with Crippen molar-refractivity contribution in [3.63, 3.8) is 0 Å². The number of allylic oxidation sites excluding steroid dienone is 3. The van der Waals surface area contributed by atoms with Crippen molar-refractivity contribution in [2.45, 2.75) is 27.7 Å². The second-order valence-electron chi connectivity index (χ2n) is 3.57. The number of rotatable bonds is 3. The summed E-state index contributed by atoms with van der Waals surface area (Å²) in [5.41, 5.74) is 4.12. The highest BCUT2D eigenvalue weighted by atomic mass is 15.3. The van der Waals surface area contributed by atoms with Crippen molar-refractivity contribution in [3.05, 3.63) is 24.4 Å². The second-order valence-corrected chi connectivity index (χ2v) is 3.57. The molecule has 0 aliphatic heterocycles. The van der Waals surface area contributed by atoms with Crippen LogP contribution in [0.4, 0.5) is 0 Å². The van der Waals surface area contributed by atoms with Gasteiger partial charge in [-0.3, -0.25) is 5.43 Å². The van der Waals surface area contributed by atoms with Gasteiger partial charge in [-0.2, -0.15) is 5.10 Å². The molecule has 0 atom stereocenters. The minimum atomic E-state index is 0.0840. The van der Waals surface area contributed by atoms with Gasteiger partial charge in [-0.15, -0.1) is 0 Å². The average molecular weight is 166 g/mol. The van der Waals surface area contributed by atoms with E-state index in [0.717, 1.165) is 5.70 Å². The van der Waals surface area contributed by atoms with E-state index in [2.05, 4.69) is 37.9 Å². The highest BCUT2D eigenvalue weighted by Gasteiger charge is 2.15. The molecule has 0 bridgehead atoms. The fraction of sp³-hybridized carbons (Fsp3) is 0.500. The standard InChI is InChI=1S/C10H18N2/c1-6-8-9(10(3,4)5)12-11-7-2/h6-8,12H,1H2,2-5H3/b9-8-,11-7+. The van der Waals surface area contributed by atoms with Crippen LogP contribution in [0, 0.1) is 5.41 Å². The van der Waals surface area contributed by atoms with Gasteiger partial charge in [-0.1, -0.05) is 33.4 Å². The quantitative estimate of drug-likeness (QED) is 0.389. The zero-order valence-electron chi connectivity index (χ0n) is 8.39. The van der Waals surface area contributed by atoms with E-state index in [9.17, 15) is 0 Å². The molecule has 0 aromatic rings. The second kappa shape index (κ2) is 4.75. The van der Waals surface area contributed by atoms with Crippen LogP contribution in [0.1, 0.15) is 27.7 Å². The van der Waals surface area contributed by atoms with Gasteiger partial charge in [0.1, 0.15) is 0 Å². The van der Waals surface area contributed by atoms with Crippen LogP contribution in [0.5, 0.6) is 0 Å². The zero-order valence-corrected chi connectivity index (χ0v) is 8.39. The summed E-state index contributed by atoms with van der Waals surface area (Å²) in [6.07, 6.45) is 5.43. The van der Waals surface area contributed by atoms with Crippen molar-refractivity contribution in [1.82, 2.24) is 5.43 Å². The van der Waals surface area contributed by atoms with Gasteiger partial charge in [-0.05, 0) is 13.0 Å². The summed E-state index contributed by atoms with van der Waals surface area (Å²) in [6, 6.07) is 0. The molecule has 1 N–H and O–H groups in total. The highest BCUT2D eigenvalue weighted by molar-refractivity contribution is 5.52. The Labute approximate surface area is 75.1 Å². The van der Waals surface area contributed by atoms with Crippen molar-refractivity contribution in [3.8, 4) is 0 Å². The molecule has 0 aromatic carbocycles. The van der Waals surface area contributed by atoms with Crippen molar-refractivity contribution in [2.75, 3.05) is 0 Å². The number of hydrogen-bond donors (Lipinski definition) is 1. The normalized spacial score (nSPS) is 13.5. The Hall–Kier alpha value is -1.05. The predicted octanol–water partition coefficient (Wildman–Crippen LogP) is 2.70. The Kier molecular flexibility index (Phi) is 4.34. The first kappa shape index (κ1) is 11.0. The minimum absolute atomic E-state index is 0.0840. The lowest BCUT2D eigenvalue weighted by atomic mass is 9.92. The van der Waals surface area contributed by atoms with Crippen LogP contribution >= 0.6 is 0 Å². The minimum Gasteiger partial charge on any atom is -0.282 e. The number of nitrogens with zero attached hydrogens (tertiary/aromatic N) is 1. The van der Waals surface area contributed by atoms with Crippen LogP contribution in [0.25, 0.3) is 0 Å². The monoisotopic (exact) mass is 166 g/mol. The number of nitrogens with one attached hydrogen (secondary N) is 1. The van der Waals surface area contributed by atoms with E-state index in [4.69, 9.17) is 0 Å². The number of hydrogen-bond acceptors (Lipinski definition) is 2. The molecule has 0 aliphatic rings. The van der Waals surface area contributed by atoms with Gasteiger partial charge in [-0.25, -0.2) is 0 Å². The van der Waals surface area contributed by atoms with E-state index in [1.165, 1.54) is 0 Å². The van der Waals surface area contributed by atoms with Crippen molar-refractivity contribution in [1.29, 1.82) is 0 Å². The largest absolute Gasteiger partial charge is 0.282 e. The highest BCUT2D eigenvalue weighted by Crippen LogP contribution is 2.22. The topological polar surface area (TPSA) is 24.4 Å². The van der Waals surface area contributed by atoms with Crippen LogP contribution in [-0.4, -0.2) is 6.21 Å². The lowest BCUT2D eigenvalue weighted by Crippen LogP contribution is -2.20. The van der Waals surface area contributed by atoms with Crippen molar-refractivity contribution < 1.29 is 0 Å². The molecule has 0 aromatic heterocycles. The van der Waals surface area contributed by atoms with E-state index in [-0.39, 0.29) is 5.41 Å². The summed E-state index contributed by atoms with van der Waals surface area (Å²) in [4.78, 5) is 0. The first-order valence-corrected chi connectivity index (χ1v) is 4.09. The molecule has 0 fully saturated rings. The van der Waals surface area contributed by atoms with Crippen molar-refractivity contribution >= 4 is 6.21 Å². The molecule has 0 saturated carbocycles. The Morgan fingerprint density at radius 2 is 2.00 bits per heavy atom. The summed E-state index contributed by atoms with van der Waals surface area (Å²) < 4.78 is 0. The van der Waals surface area contributed by atoms with E-state index < -0.39 is 0 Å². The molecule has 0 aliphatic carbocycles. The summed E-state index contributed by atoms with van der Waals surface area (Å²) >= 11 is 0. The van der Waals surface area contributed by atoms with Gasteiger partial charge < -0.3 is 0 Å². The Balaban J connectivity index is 4.45. The molecular formula is C10H18N2. The Morgan fingerprint density at radius 1 is 1.42 bits per heavy atom. The molecule has 0 rings (SSSR count). The van der Waals surface area contributed by atoms with Gasteiger partial charge >= 0.3 is 0 Å². The van der Waals surface area contributed by atoms with Gasteiger partial charge in [0.2, 0.25) is 0 Å². The molecule has 68 valence electrons. The molecule has 0 spiro atoms. The third-order valence-electron chi connectivity index (χ3n) is 1.41. The summed E-state index contributed by atoms with van der Waals surface area (Å²) in [6.45, 7) is 11.9. The summed E-state index contributed by atoms with van der Waals surface area (Å²) in [5, 5.41) is 3.97. The fourth-order valence-corrected chi connectivity index (χ4v) is 0.707. The Morgan fingerprint density at radius 3 is 2.33 bits per heavy atom. The molecular weight excluding hydrogens is 148 g/mol. The lowest BCUT2D eigenvalue weighted by Gasteiger charge is -2.21. The third kappa shape index (κ3) is 3.96. The van der Waals surface area contributed by atoms with Gasteiger partial charge in [0, 0.05) is 17.3 Å². The maximum Gasteiger partial charge on any atom is 0.0389 e. The molecule has 0 unspecified atom stereocenters. The molecule has 12 heavy (non-hydrogen) atoms. The first-order valence-electron chi connectivity index (χ1n) is 4.09. The third-order valence-corrected chi connectivity index (χ3v) is 1.41. The molecule has 0 amide bonds. The van der Waals surface area contributed by atoms with E-state index in [1.807, 2.05) is 13.0 Å². The first-order chi connectivity index (χ1) is 5.52. The van der Waals surface area contributed by atoms with Gasteiger partial charge in [0.15, 0.2) is 0 Å². The molecule has 0 heterocycles. The van der Waals surface area contributed by atoms with E-state index in [0.29, 0.717) is 0 Å². The van der Waals surface area contributed by atoms with Crippen LogP contribution in [-0.2, 0) is 0 Å². The predicted molar refractivity (Wildman–Crippen MR) is 55.0 cm³/mol. The molecule has 0 saturated heterocycles. The van der Waals surface area contributed by atoms with Crippen molar-refractivity contribution in [2.24, 2.45) is 10.5 Å². The van der Waals surface area contributed by atoms with Gasteiger partial charge in [0.05, 0.1) is 0 Å². The van der Waals surface area contributed by atoms with Crippen LogP contribution in [0.15, 0.2) is 29.5 Å². The number of hydrazone groups is 1. The lowest BCUT2D eigenvalue weighted by molar-refractivity contribution is 0.465. The maximum absolute atomic E-state index is 3.97. The van der Waals surface area contributed by atoms with Crippen LogP contribution in [0.2, 0.25) is 0 Å². The fourth-order valence-electron chi connectivity index (χ4n) is 0.707. The molecule has 2 nitrogen and oxygen atoms in total.